The van der Waals surface area contributed by atoms with E-state index in [1.54, 1.807) is 0 Å². The molecule has 1 atom stereocenters. The van der Waals surface area contributed by atoms with Gasteiger partial charge in [0.2, 0.25) is 0 Å². The van der Waals surface area contributed by atoms with Crippen LogP contribution in [0.1, 0.15) is 24.5 Å². The number of halogens is 3. The molecule has 13 heavy (non-hydrogen) atoms. The van der Waals surface area contributed by atoms with Gasteiger partial charge in [0.25, 0.3) is 0 Å². The molecule has 2 nitrogen and oxygen atoms in total. The first kappa shape index (κ1) is 8.59. The van der Waals surface area contributed by atoms with Gasteiger partial charge in [0.1, 0.15) is 0 Å². The van der Waals surface area contributed by atoms with Crippen molar-refractivity contribution in [1.29, 1.82) is 0 Å². The smallest absolute Gasteiger partial charge is 0.282 e. The first-order valence-electron chi connectivity index (χ1n) is 4.15. The molecule has 1 fully saturated rings. The molecule has 1 N–H and O–H groups in total. The number of nitrogens with one attached hydrogen (secondary N) is 1. The SMILES string of the molecule is FC(F)(F)C(c1ccn[nH]1)C1CC1. The number of aromatic amines is 1. The Morgan fingerprint density at radius 2 is 2.15 bits per heavy atom. The first-order valence-corrected chi connectivity index (χ1v) is 4.15. The van der Waals surface area contributed by atoms with Crippen molar-refractivity contribution in [2.75, 3.05) is 0 Å². The lowest BCUT2D eigenvalue weighted by Crippen LogP contribution is -2.22. The van der Waals surface area contributed by atoms with Crippen molar-refractivity contribution >= 4 is 0 Å². The van der Waals surface area contributed by atoms with Crippen molar-refractivity contribution in [3.63, 3.8) is 0 Å². The minimum Gasteiger partial charge on any atom is -0.282 e. The van der Waals surface area contributed by atoms with E-state index in [2.05, 4.69) is 10.2 Å². The van der Waals surface area contributed by atoms with Crippen LogP contribution in [0.5, 0.6) is 0 Å². The fraction of sp³-hybridized carbons (Fsp3) is 0.625. The molecule has 1 aromatic rings. The summed E-state index contributed by atoms with van der Waals surface area (Å²) < 4.78 is 37.6. The minimum atomic E-state index is -4.15. The third kappa shape index (κ3) is 1.68. The lowest BCUT2D eigenvalue weighted by atomic mass is 9.99. The monoisotopic (exact) mass is 190 g/mol. The molecule has 1 saturated carbocycles. The Morgan fingerprint density at radius 3 is 2.54 bits per heavy atom. The number of rotatable bonds is 2. The average Bonchev–Trinajstić information content (AvgIpc) is 2.63. The molecule has 1 aliphatic carbocycles. The van der Waals surface area contributed by atoms with E-state index in [0.29, 0.717) is 12.8 Å². The molecule has 0 bridgehead atoms. The Hall–Kier alpha value is -1.00. The molecule has 5 heteroatoms. The predicted octanol–water partition coefficient (Wildman–Crippen LogP) is 2.47. The van der Waals surface area contributed by atoms with Crippen LogP contribution in [0.3, 0.4) is 0 Å². The van der Waals surface area contributed by atoms with Gasteiger partial charge >= 0.3 is 6.18 Å². The van der Waals surface area contributed by atoms with Crippen LogP contribution in [-0.4, -0.2) is 16.4 Å². The zero-order valence-corrected chi connectivity index (χ0v) is 6.80. The highest BCUT2D eigenvalue weighted by molar-refractivity contribution is 5.12. The molecule has 1 aromatic heterocycles. The molecule has 0 aromatic carbocycles. The van der Waals surface area contributed by atoms with E-state index in [-0.39, 0.29) is 11.6 Å². The Bertz CT molecular complexity index is 274. The number of nitrogens with zero attached hydrogens (tertiary/aromatic N) is 1. The van der Waals surface area contributed by atoms with Gasteiger partial charge in [-0.1, -0.05) is 0 Å². The van der Waals surface area contributed by atoms with Crippen LogP contribution in [0, 0.1) is 5.92 Å². The largest absolute Gasteiger partial charge is 0.397 e. The van der Waals surface area contributed by atoms with E-state index in [1.807, 2.05) is 0 Å². The van der Waals surface area contributed by atoms with Crippen molar-refractivity contribution in [2.45, 2.75) is 24.9 Å². The maximum absolute atomic E-state index is 12.5. The van der Waals surface area contributed by atoms with Gasteiger partial charge < -0.3 is 0 Å². The van der Waals surface area contributed by atoms with Gasteiger partial charge in [-0.15, -0.1) is 0 Å². The number of aromatic nitrogens is 2. The summed E-state index contributed by atoms with van der Waals surface area (Å²) in [6, 6.07) is 1.40. The van der Waals surface area contributed by atoms with E-state index in [4.69, 9.17) is 0 Å². The zero-order chi connectivity index (χ0) is 9.47. The van der Waals surface area contributed by atoms with Crippen LogP contribution in [0.2, 0.25) is 0 Å². The Balaban J connectivity index is 2.24. The summed E-state index contributed by atoms with van der Waals surface area (Å²) in [4.78, 5) is 0. The maximum atomic E-state index is 12.5. The quantitative estimate of drug-likeness (QED) is 0.762. The van der Waals surface area contributed by atoms with Gasteiger partial charge in [0.05, 0.1) is 5.92 Å². The summed E-state index contributed by atoms with van der Waals surface area (Å²) in [5.74, 6) is -1.57. The number of alkyl halides is 3. The second kappa shape index (κ2) is 2.75. The fourth-order valence-corrected chi connectivity index (χ4v) is 1.57. The molecule has 2 rings (SSSR count). The number of hydrogen-bond acceptors (Lipinski definition) is 1. The molecule has 72 valence electrons. The predicted molar refractivity (Wildman–Crippen MR) is 40.1 cm³/mol. The fourth-order valence-electron chi connectivity index (χ4n) is 1.57. The van der Waals surface area contributed by atoms with Crippen LogP contribution in [0.15, 0.2) is 12.3 Å². The lowest BCUT2D eigenvalue weighted by Gasteiger charge is -2.17. The van der Waals surface area contributed by atoms with Crippen molar-refractivity contribution in [1.82, 2.24) is 10.2 Å². The van der Waals surface area contributed by atoms with Gasteiger partial charge in [0.15, 0.2) is 0 Å². The molecule has 1 heterocycles. The highest BCUT2D eigenvalue weighted by Gasteiger charge is 2.50. The van der Waals surface area contributed by atoms with E-state index in [0.717, 1.165) is 0 Å². The summed E-state index contributed by atoms with van der Waals surface area (Å²) in [6.45, 7) is 0. The highest BCUT2D eigenvalue weighted by Crippen LogP contribution is 2.50. The van der Waals surface area contributed by atoms with E-state index >= 15 is 0 Å². The maximum Gasteiger partial charge on any atom is 0.397 e. The summed E-state index contributed by atoms with van der Waals surface area (Å²) in [6.07, 6.45) is -1.45. The second-order valence-corrected chi connectivity index (χ2v) is 3.37. The highest BCUT2D eigenvalue weighted by atomic mass is 19.4. The molecular weight excluding hydrogens is 181 g/mol. The normalized spacial score (nSPS) is 20.2. The molecule has 0 radical (unpaired) electrons. The minimum absolute atomic E-state index is 0.190. The van der Waals surface area contributed by atoms with Gasteiger partial charge in [-0.25, -0.2) is 0 Å². The van der Waals surface area contributed by atoms with E-state index in [9.17, 15) is 13.2 Å². The first-order chi connectivity index (χ1) is 6.09. The standard InChI is InChI=1S/C8H9F3N2/c9-8(10,11)7(5-1-2-5)6-3-4-12-13-6/h3-5,7H,1-2H2,(H,12,13). The lowest BCUT2D eigenvalue weighted by molar-refractivity contribution is -0.155. The average molecular weight is 190 g/mol. The molecule has 1 aliphatic rings. The van der Waals surface area contributed by atoms with E-state index in [1.165, 1.54) is 12.3 Å². The molecular formula is C8H9F3N2. The summed E-state index contributed by atoms with van der Waals surface area (Å²) in [7, 11) is 0. The van der Waals surface area contributed by atoms with Crippen molar-refractivity contribution in [2.24, 2.45) is 5.92 Å². The number of hydrogen-bond donors (Lipinski definition) is 1. The molecule has 1 unspecified atom stereocenters. The third-order valence-corrected chi connectivity index (χ3v) is 2.30. The van der Waals surface area contributed by atoms with Gasteiger partial charge in [-0.3, -0.25) is 5.10 Å². The van der Waals surface area contributed by atoms with E-state index < -0.39 is 12.1 Å². The summed E-state index contributed by atoms with van der Waals surface area (Å²) >= 11 is 0. The topological polar surface area (TPSA) is 28.7 Å². The van der Waals surface area contributed by atoms with Gasteiger partial charge in [-0.05, 0) is 24.8 Å². The van der Waals surface area contributed by atoms with Crippen molar-refractivity contribution in [3.8, 4) is 0 Å². The van der Waals surface area contributed by atoms with Crippen LogP contribution in [0.4, 0.5) is 13.2 Å². The van der Waals surface area contributed by atoms with Crippen molar-refractivity contribution < 1.29 is 13.2 Å². The van der Waals surface area contributed by atoms with Crippen LogP contribution < -0.4 is 0 Å². The Labute approximate surface area is 73.1 Å². The molecule has 0 aliphatic heterocycles. The zero-order valence-electron chi connectivity index (χ0n) is 6.80. The Kier molecular flexibility index (Phi) is 1.82. The van der Waals surface area contributed by atoms with Gasteiger partial charge in [-0.2, -0.15) is 18.3 Å². The van der Waals surface area contributed by atoms with Gasteiger partial charge in [0, 0.05) is 11.9 Å². The van der Waals surface area contributed by atoms with Crippen LogP contribution >= 0.6 is 0 Å². The van der Waals surface area contributed by atoms with Crippen LogP contribution in [-0.2, 0) is 0 Å². The molecule has 0 saturated heterocycles. The summed E-state index contributed by atoms with van der Waals surface area (Å²) in [5, 5.41) is 5.94. The Morgan fingerprint density at radius 1 is 1.46 bits per heavy atom. The van der Waals surface area contributed by atoms with Crippen molar-refractivity contribution in [3.05, 3.63) is 18.0 Å². The van der Waals surface area contributed by atoms with Crippen LogP contribution in [0.25, 0.3) is 0 Å². The second-order valence-electron chi connectivity index (χ2n) is 3.37. The number of H-pyrrole nitrogens is 1. The summed E-state index contributed by atoms with van der Waals surface area (Å²) in [5.41, 5.74) is 0.190. The molecule has 0 amide bonds. The molecule has 0 spiro atoms. The third-order valence-electron chi connectivity index (χ3n) is 2.30.